The molecule has 0 nitrogen and oxygen atoms in total. The van der Waals surface area contributed by atoms with E-state index in [9.17, 15) is 0 Å². The second-order valence-electron chi connectivity index (χ2n) is 9.68. The van der Waals surface area contributed by atoms with Crippen LogP contribution in [0.5, 0.6) is 0 Å². The maximum atomic E-state index is 4.23. The van der Waals surface area contributed by atoms with Crippen LogP contribution in [0.4, 0.5) is 0 Å². The Balaban J connectivity index is 1.54. The summed E-state index contributed by atoms with van der Waals surface area (Å²) in [5.41, 5.74) is 7.50. The van der Waals surface area contributed by atoms with E-state index in [0.717, 1.165) is 6.42 Å². The van der Waals surface area contributed by atoms with E-state index in [1.807, 2.05) is 11.3 Å². The molecule has 0 aliphatic carbocycles. The molecular formula is C36H26S. The third kappa shape index (κ3) is 3.50. The minimum Gasteiger partial charge on any atom is -0.135 e. The number of hydrogen-bond acceptors (Lipinski definition) is 1. The third-order valence-corrected chi connectivity index (χ3v) is 8.76. The molecule has 0 spiro atoms. The van der Waals surface area contributed by atoms with E-state index in [1.165, 1.54) is 75.1 Å². The summed E-state index contributed by atoms with van der Waals surface area (Å²) >= 11 is 1.87. The average Bonchev–Trinajstić information content (AvgIpc) is 3.33. The first-order chi connectivity index (χ1) is 18.2. The van der Waals surface area contributed by atoms with Crippen LogP contribution in [0.25, 0.3) is 69.5 Å². The second kappa shape index (κ2) is 8.73. The van der Waals surface area contributed by atoms with E-state index in [0.29, 0.717) is 0 Å². The van der Waals surface area contributed by atoms with Crippen LogP contribution in [-0.2, 0) is 0 Å². The molecule has 0 saturated carbocycles. The lowest BCUT2D eigenvalue weighted by Gasteiger charge is -2.18. The van der Waals surface area contributed by atoms with Crippen molar-refractivity contribution in [2.45, 2.75) is 13.3 Å². The van der Waals surface area contributed by atoms with Crippen LogP contribution < -0.4 is 0 Å². The third-order valence-electron chi connectivity index (χ3n) is 7.61. The van der Waals surface area contributed by atoms with Crippen molar-refractivity contribution in [2.24, 2.45) is 0 Å². The monoisotopic (exact) mass is 490 g/mol. The number of allylic oxidation sites excluding steroid dienone is 1. The topological polar surface area (TPSA) is 0 Å². The molecule has 0 unspecified atom stereocenters. The molecule has 7 rings (SSSR count). The molecule has 0 fully saturated rings. The van der Waals surface area contributed by atoms with Gasteiger partial charge in [0.15, 0.2) is 0 Å². The van der Waals surface area contributed by atoms with Gasteiger partial charge in [0.2, 0.25) is 0 Å². The van der Waals surface area contributed by atoms with Gasteiger partial charge in [-0.1, -0.05) is 111 Å². The van der Waals surface area contributed by atoms with Gasteiger partial charge >= 0.3 is 0 Å². The molecule has 0 atom stereocenters. The first-order valence-electron chi connectivity index (χ1n) is 12.9. The molecule has 6 aromatic carbocycles. The van der Waals surface area contributed by atoms with E-state index in [1.54, 1.807) is 0 Å². The van der Waals surface area contributed by atoms with Gasteiger partial charge in [-0.05, 0) is 79.6 Å². The second-order valence-corrected chi connectivity index (χ2v) is 10.8. The number of rotatable bonds is 4. The zero-order chi connectivity index (χ0) is 24.9. The maximum Gasteiger partial charge on any atom is 0.0355 e. The largest absolute Gasteiger partial charge is 0.135 e. The number of thiophene rings is 1. The van der Waals surface area contributed by atoms with Crippen LogP contribution in [-0.4, -0.2) is 0 Å². The molecule has 37 heavy (non-hydrogen) atoms. The molecule has 1 heterocycles. The summed E-state index contributed by atoms with van der Waals surface area (Å²) in [6.07, 6.45) is 0.962. The summed E-state index contributed by atoms with van der Waals surface area (Å²) in [6, 6.07) is 42.4. The molecule has 0 bridgehead atoms. The van der Waals surface area contributed by atoms with Crippen LogP contribution in [0.15, 0.2) is 122 Å². The van der Waals surface area contributed by atoms with Crippen molar-refractivity contribution in [3.8, 4) is 22.3 Å². The van der Waals surface area contributed by atoms with E-state index >= 15 is 0 Å². The molecule has 0 radical (unpaired) electrons. The summed E-state index contributed by atoms with van der Waals surface area (Å²) in [4.78, 5) is 0. The first kappa shape index (κ1) is 22.0. The van der Waals surface area contributed by atoms with Crippen molar-refractivity contribution in [3.05, 3.63) is 127 Å². The number of fused-ring (bicyclic) bond motifs is 5. The van der Waals surface area contributed by atoms with Crippen molar-refractivity contribution in [2.75, 3.05) is 0 Å². The molecular weight excluding hydrogens is 464 g/mol. The highest BCUT2D eigenvalue weighted by Gasteiger charge is 2.17. The summed E-state index contributed by atoms with van der Waals surface area (Å²) in [6.45, 7) is 6.39. The van der Waals surface area contributed by atoms with Crippen LogP contribution in [0.1, 0.15) is 18.9 Å². The molecule has 0 amide bonds. The molecule has 0 aliphatic rings. The summed E-state index contributed by atoms with van der Waals surface area (Å²) in [5, 5.41) is 7.82. The van der Waals surface area contributed by atoms with E-state index in [-0.39, 0.29) is 0 Å². The van der Waals surface area contributed by atoms with Gasteiger partial charge in [0.05, 0.1) is 0 Å². The van der Waals surface area contributed by atoms with Crippen molar-refractivity contribution in [1.82, 2.24) is 0 Å². The van der Waals surface area contributed by atoms with Gasteiger partial charge < -0.3 is 0 Å². The molecule has 1 aromatic heterocycles. The zero-order valence-electron chi connectivity index (χ0n) is 20.8. The van der Waals surface area contributed by atoms with Crippen LogP contribution in [0, 0.1) is 0 Å². The summed E-state index contributed by atoms with van der Waals surface area (Å²) in [7, 11) is 0. The SMILES string of the molecule is C=C(CC)c1ccc(-c2c3ccccc3c(-c3ccc4sc5ccccc5c4c3)c3ccccc23)cc1. The van der Waals surface area contributed by atoms with E-state index < -0.39 is 0 Å². The van der Waals surface area contributed by atoms with Crippen LogP contribution in [0.3, 0.4) is 0 Å². The molecule has 0 aliphatic heterocycles. The van der Waals surface area contributed by atoms with Gasteiger partial charge in [0, 0.05) is 20.2 Å². The van der Waals surface area contributed by atoms with Gasteiger partial charge in [-0.2, -0.15) is 0 Å². The lowest BCUT2D eigenvalue weighted by atomic mass is 9.85. The Bertz CT molecular complexity index is 1910. The van der Waals surface area contributed by atoms with E-state index in [4.69, 9.17) is 0 Å². The Labute approximate surface area is 221 Å². The van der Waals surface area contributed by atoms with Crippen molar-refractivity contribution in [1.29, 1.82) is 0 Å². The van der Waals surface area contributed by atoms with Crippen LogP contribution in [0.2, 0.25) is 0 Å². The Morgan fingerprint density at radius 3 is 1.62 bits per heavy atom. The Morgan fingerprint density at radius 2 is 1.03 bits per heavy atom. The van der Waals surface area contributed by atoms with Gasteiger partial charge in [-0.25, -0.2) is 0 Å². The molecule has 1 heteroatoms. The van der Waals surface area contributed by atoms with Crippen molar-refractivity contribution in [3.63, 3.8) is 0 Å². The minimum absolute atomic E-state index is 0.962. The lowest BCUT2D eigenvalue weighted by molar-refractivity contribution is 1.25. The Morgan fingerprint density at radius 1 is 0.541 bits per heavy atom. The fourth-order valence-corrected chi connectivity index (χ4v) is 6.80. The van der Waals surface area contributed by atoms with Gasteiger partial charge in [-0.3, -0.25) is 0 Å². The van der Waals surface area contributed by atoms with Crippen molar-refractivity contribution < 1.29 is 0 Å². The van der Waals surface area contributed by atoms with Gasteiger partial charge in [-0.15, -0.1) is 11.3 Å². The summed E-state index contributed by atoms with van der Waals surface area (Å²) < 4.78 is 2.68. The van der Waals surface area contributed by atoms with Gasteiger partial charge in [0.1, 0.15) is 0 Å². The predicted molar refractivity (Wildman–Crippen MR) is 165 cm³/mol. The summed E-state index contributed by atoms with van der Waals surface area (Å²) in [5.74, 6) is 0. The average molecular weight is 491 g/mol. The quantitative estimate of drug-likeness (QED) is 0.215. The lowest BCUT2D eigenvalue weighted by Crippen LogP contribution is -1.91. The molecule has 0 N–H and O–H groups in total. The first-order valence-corrected chi connectivity index (χ1v) is 13.7. The van der Waals surface area contributed by atoms with Gasteiger partial charge in [0.25, 0.3) is 0 Å². The predicted octanol–water partition coefficient (Wildman–Crippen LogP) is 11.1. The highest BCUT2D eigenvalue weighted by molar-refractivity contribution is 7.25. The molecule has 0 saturated heterocycles. The Hall–Kier alpha value is -4.20. The minimum atomic E-state index is 0.962. The highest BCUT2D eigenvalue weighted by atomic mass is 32.1. The smallest absolute Gasteiger partial charge is 0.0355 e. The van der Waals surface area contributed by atoms with Crippen molar-refractivity contribution >= 4 is 58.6 Å². The molecule has 176 valence electrons. The fourth-order valence-electron chi connectivity index (χ4n) is 5.71. The van der Waals surface area contributed by atoms with Crippen LogP contribution >= 0.6 is 11.3 Å². The number of hydrogen-bond donors (Lipinski definition) is 0. The normalized spacial score (nSPS) is 11.6. The maximum absolute atomic E-state index is 4.23. The highest BCUT2D eigenvalue weighted by Crippen LogP contribution is 2.45. The number of benzene rings is 6. The fraction of sp³-hybridized carbons (Fsp3) is 0.0556. The standard InChI is InChI=1S/C36H26S/c1-3-23(2)24-16-18-25(19-17-24)35-28-11-4-6-13-30(28)36(31-14-7-5-12-29(31)35)26-20-21-34-32(22-26)27-10-8-9-15-33(27)37-34/h4-22H,2-3H2,1H3. The van der Waals surface area contributed by atoms with E-state index in [2.05, 4.69) is 129 Å². The zero-order valence-corrected chi connectivity index (χ0v) is 21.6. The Kier molecular flexibility index (Phi) is 5.20. The molecule has 7 aromatic rings.